The van der Waals surface area contributed by atoms with Crippen LogP contribution in [-0.4, -0.2) is 23.6 Å². The quantitative estimate of drug-likeness (QED) is 0.638. The van der Waals surface area contributed by atoms with Crippen molar-refractivity contribution in [2.75, 3.05) is 0 Å². The molecule has 3 rings (SSSR count). The van der Waals surface area contributed by atoms with E-state index in [4.69, 9.17) is 9.47 Å². The maximum atomic E-state index is 11.9. The fourth-order valence-electron chi connectivity index (χ4n) is 2.41. The lowest BCUT2D eigenvalue weighted by Crippen LogP contribution is -2.47. The Bertz CT molecular complexity index is 315. The zero-order valence-electron chi connectivity index (χ0n) is 9.99. The molecule has 3 fully saturated rings. The summed E-state index contributed by atoms with van der Waals surface area (Å²) in [7, 11) is 0. The molecule has 90 valence electrons. The lowest BCUT2D eigenvalue weighted by Gasteiger charge is -2.40. The van der Waals surface area contributed by atoms with Gasteiger partial charge in [0.15, 0.2) is 0 Å². The minimum Gasteiger partial charge on any atom is -0.462 e. The highest BCUT2D eigenvalue weighted by atomic mass is 16.6. The number of fused-ring (bicyclic) bond motifs is 3. The van der Waals surface area contributed by atoms with Gasteiger partial charge in [0.25, 0.3) is 0 Å². The number of rotatable bonds is 1. The van der Waals surface area contributed by atoms with Crippen molar-refractivity contribution in [3.63, 3.8) is 0 Å². The Balaban J connectivity index is 2.05. The Kier molecular flexibility index (Phi) is 2.68. The average Bonchev–Trinajstić information content (AvgIpc) is 2.15. The molecule has 1 aliphatic carbocycles. The first-order valence-corrected chi connectivity index (χ1v) is 5.80. The molecule has 4 heteroatoms. The Morgan fingerprint density at radius 3 is 2.56 bits per heavy atom. The molecule has 2 bridgehead atoms. The molecular weight excluding hydrogens is 208 g/mol. The largest absolute Gasteiger partial charge is 0.462 e. The molecule has 16 heavy (non-hydrogen) atoms. The minimum atomic E-state index is -0.488. The number of esters is 2. The monoisotopic (exact) mass is 226 g/mol. The normalized spacial score (nSPS) is 33.4. The first-order chi connectivity index (χ1) is 7.37. The van der Waals surface area contributed by atoms with Gasteiger partial charge in [0.1, 0.15) is 11.7 Å². The van der Waals surface area contributed by atoms with Crippen molar-refractivity contribution in [2.45, 2.75) is 51.7 Å². The van der Waals surface area contributed by atoms with Crippen molar-refractivity contribution in [1.82, 2.24) is 0 Å². The van der Waals surface area contributed by atoms with Crippen LogP contribution in [0.2, 0.25) is 0 Å². The molecule has 2 saturated heterocycles. The van der Waals surface area contributed by atoms with Gasteiger partial charge in [-0.1, -0.05) is 0 Å². The highest BCUT2D eigenvalue weighted by Crippen LogP contribution is 2.39. The third-order valence-electron chi connectivity index (χ3n) is 3.10. The van der Waals surface area contributed by atoms with Gasteiger partial charge in [-0.05, 0) is 40.0 Å². The van der Waals surface area contributed by atoms with E-state index >= 15 is 0 Å². The zero-order chi connectivity index (χ0) is 11.9. The topological polar surface area (TPSA) is 52.6 Å². The molecule has 0 amide bonds. The summed E-state index contributed by atoms with van der Waals surface area (Å²) in [6, 6.07) is 0. The Labute approximate surface area is 95.3 Å². The minimum absolute atomic E-state index is 0.0741. The molecule has 4 nitrogen and oxygen atoms in total. The van der Waals surface area contributed by atoms with Gasteiger partial charge >= 0.3 is 11.9 Å². The lowest BCUT2D eigenvalue weighted by atomic mass is 9.75. The summed E-state index contributed by atoms with van der Waals surface area (Å²) in [6.07, 6.45) is 2.20. The van der Waals surface area contributed by atoms with Gasteiger partial charge in [0.2, 0.25) is 0 Å². The van der Waals surface area contributed by atoms with Crippen molar-refractivity contribution >= 4 is 11.9 Å². The molecule has 0 aromatic heterocycles. The standard InChI is InChI=1S/C12H18O4/c1-12(2,3)16-11(14)9-6-7-4-5-8(9)10(13)15-7/h7-9H,4-6H2,1-3H3/t7?,8-,9+/m0/s1. The molecular formula is C12H18O4. The highest BCUT2D eigenvalue weighted by molar-refractivity contribution is 5.84. The van der Waals surface area contributed by atoms with Gasteiger partial charge < -0.3 is 9.47 Å². The number of carbonyl (C=O) groups is 2. The van der Waals surface area contributed by atoms with Gasteiger partial charge in [-0.25, -0.2) is 0 Å². The van der Waals surface area contributed by atoms with Crippen LogP contribution >= 0.6 is 0 Å². The van der Waals surface area contributed by atoms with E-state index in [2.05, 4.69) is 0 Å². The van der Waals surface area contributed by atoms with Crippen molar-refractivity contribution in [1.29, 1.82) is 0 Å². The fourth-order valence-corrected chi connectivity index (χ4v) is 2.41. The van der Waals surface area contributed by atoms with Crippen molar-refractivity contribution < 1.29 is 19.1 Å². The summed E-state index contributed by atoms with van der Waals surface area (Å²) in [6.45, 7) is 5.51. The van der Waals surface area contributed by atoms with E-state index in [0.717, 1.165) is 12.8 Å². The SMILES string of the molecule is CC(C)(C)OC(=O)[C@@H]1CC2CC[C@@H]1C(=O)O2. The van der Waals surface area contributed by atoms with Crippen LogP contribution in [0.1, 0.15) is 40.0 Å². The molecule has 0 aromatic rings. The predicted molar refractivity (Wildman–Crippen MR) is 56.6 cm³/mol. The summed E-state index contributed by atoms with van der Waals surface area (Å²) < 4.78 is 10.5. The zero-order valence-corrected chi connectivity index (χ0v) is 9.99. The number of hydrogen-bond donors (Lipinski definition) is 0. The summed E-state index contributed by atoms with van der Waals surface area (Å²) in [5, 5.41) is 0. The van der Waals surface area contributed by atoms with Crippen LogP contribution in [0.25, 0.3) is 0 Å². The first kappa shape index (κ1) is 11.4. The lowest BCUT2D eigenvalue weighted by molar-refractivity contribution is -0.188. The third kappa shape index (κ3) is 2.20. The molecule has 0 radical (unpaired) electrons. The second-order valence-corrected chi connectivity index (χ2v) is 5.62. The summed E-state index contributed by atoms with van der Waals surface area (Å²) in [5.41, 5.74) is -0.488. The Hall–Kier alpha value is -1.06. The molecule has 0 N–H and O–H groups in total. The molecule has 2 aliphatic heterocycles. The van der Waals surface area contributed by atoms with E-state index in [0.29, 0.717) is 6.42 Å². The van der Waals surface area contributed by atoms with Gasteiger partial charge in [-0.2, -0.15) is 0 Å². The van der Waals surface area contributed by atoms with Gasteiger partial charge in [-0.15, -0.1) is 0 Å². The van der Waals surface area contributed by atoms with Crippen molar-refractivity contribution in [3.8, 4) is 0 Å². The third-order valence-corrected chi connectivity index (χ3v) is 3.10. The molecule has 0 spiro atoms. The maximum absolute atomic E-state index is 11.9. The van der Waals surface area contributed by atoms with E-state index in [1.165, 1.54) is 0 Å². The van der Waals surface area contributed by atoms with Crippen LogP contribution in [0.3, 0.4) is 0 Å². The van der Waals surface area contributed by atoms with Gasteiger partial charge in [0, 0.05) is 0 Å². The van der Waals surface area contributed by atoms with Crippen molar-refractivity contribution in [2.24, 2.45) is 11.8 Å². The molecule has 3 atom stereocenters. The highest BCUT2D eigenvalue weighted by Gasteiger charge is 2.47. The first-order valence-electron chi connectivity index (χ1n) is 5.80. The number of carbonyl (C=O) groups excluding carboxylic acids is 2. The Morgan fingerprint density at radius 1 is 1.38 bits per heavy atom. The van der Waals surface area contributed by atoms with Crippen LogP contribution < -0.4 is 0 Å². The van der Waals surface area contributed by atoms with Crippen LogP contribution in [0, 0.1) is 11.8 Å². The van der Waals surface area contributed by atoms with Crippen LogP contribution in [0.4, 0.5) is 0 Å². The van der Waals surface area contributed by atoms with Crippen LogP contribution in [-0.2, 0) is 19.1 Å². The maximum Gasteiger partial charge on any atom is 0.310 e. The molecule has 2 heterocycles. The fraction of sp³-hybridized carbons (Fsp3) is 0.833. The van der Waals surface area contributed by atoms with E-state index in [-0.39, 0.29) is 29.9 Å². The Morgan fingerprint density at radius 2 is 2.06 bits per heavy atom. The average molecular weight is 226 g/mol. The summed E-state index contributed by atoms with van der Waals surface area (Å²) in [5.74, 6) is -1.05. The summed E-state index contributed by atoms with van der Waals surface area (Å²) >= 11 is 0. The van der Waals surface area contributed by atoms with Crippen molar-refractivity contribution in [3.05, 3.63) is 0 Å². The van der Waals surface area contributed by atoms with Crippen LogP contribution in [0.15, 0.2) is 0 Å². The predicted octanol–water partition coefficient (Wildman–Crippen LogP) is 1.67. The van der Waals surface area contributed by atoms with E-state index < -0.39 is 5.60 Å². The smallest absolute Gasteiger partial charge is 0.310 e. The molecule has 1 saturated carbocycles. The van der Waals surface area contributed by atoms with E-state index in [1.807, 2.05) is 20.8 Å². The number of hydrogen-bond acceptors (Lipinski definition) is 4. The van der Waals surface area contributed by atoms with Gasteiger partial charge in [-0.3, -0.25) is 9.59 Å². The van der Waals surface area contributed by atoms with E-state index in [9.17, 15) is 9.59 Å². The molecule has 0 aromatic carbocycles. The second-order valence-electron chi connectivity index (χ2n) is 5.62. The molecule has 3 aliphatic rings. The van der Waals surface area contributed by atoms with E-state index in [1.54, 1.807) is 0 Å². The summed E-state index contributed by atoms with van der Waals surface area (Å²) in [4.78, 5) is 23.4. The van der Waals surface area contributed by atoms with Crippen LogP contribution in [0.5, 0.6) is 0 Å². The molecule has 1 unspecified atom stereocenters. The number of ether oxygens (including phenoxy) is 2. The van der Waals surface area contributed by atoms with Gasteiger partial charge in [0.05, 0.1) is 11.8 Å². The second kappa shape index (κ2) is 3.75.